The van der Waals surface area contributed by atoms with Crippen LogP contribution >= 0.6 is 0 Å². The fourth-order valence-corrected chi connectivity index (χ4v) is 1.34. The number of carbonyl (C=O) groups excluding carboxylic acids is 2. The Morgan fingerprint density at radius 1 is 1.50 bits per heavy atom. The summed E-state index contributed by atoms with van der Waals surface area (Å²) in [6.07, 6.45) is 1.94. The van der Waals surface area contributed by atoms with Crippen molar-refractivity contribution in [3.8, 4) is 0 Å². The summed E-state index contributed by atoms with van der Waals surface area (Å²) in [6.45, 7) is 2.26. The van der Waals surface area contributed by atoms with Crippen molar-refractivity contribution < 1.29 is 18.7 Å². The second-order valence-corrected chi connectivity index (χ2v) is 4.08. The monoisotopic (exact) mass is 202 g/mol. The van der Waals surface area contributed by atoms with Crippen molar-refractivity contribution in [2.75, 3.05) is 0 Å². The van der Waals surface area contributed by atoms with Gasteiger partial charge in [-0.2, -0.15) is 0 Å². The van der Waals surface area contributed by atoms with Crippen LogP contribution in [-0.4, -0.2) is 23.5 Å². The number of Topliss-reactive ketones (excluding diaryl/α,β-unsaturated/α-hetero) is 1. The number of ketones is 1. The number of alkyl halides is 1. The van der Waals surface area contributed by atoms with E-state index in [1.807, 2.05) is 0 Å². The number of carbonyl (C=O) groups is 2. The summed E-state index contributed by atoms with van der Waals surface area (Å²) in [5, 5.41) is 0. The molecule has 1 unspecified atom stereocenters. The highest BCUT2D eigenvalue weighted by atomic mass is 19.1. The van der Waals surface area contributed by atoms with Crippen LogP contribution in [0.25, 0.3) is 0 Å². The van der Waals surface area contributed by atoms with Gasteiger partial charge in [0.1, 0.15) is 0 Å². The highest BCUT2D eigenvalue weighted by molar-refractivity contribution is 5.87. The van der Waals surface area contributed by atoms with E-state index in [2.05, 4.69) is 0 Å². The van der Waals surface area contributed by atoms with E-state index >= 15 is 0 Å². The van der Waals surface area contributed by atoms with Crippen molar-refractivity contribution in [2.24, 2.45) is 0 Å². The lowest BCUT2D eigenvalue weighted by molar-refractivity contribution is -0.166. The molecule has 0 N–H and O–H groups in total. The number of hydrogen-bond donors (Lipinski definition) is 0. The van der Waals surface area contributed by atoms with E-state index in [-0.39, 0.29) is 5.78 Å². The summed E-state index contributed by atoms with van der Waals surface area (Å²) < 4.78 is 17.9. The molecular weight excluding hydrogens is 187 g/mol. The number of esters is 1. The Morgan fingerprint density at radius 3 is 2.64 bits per heavy atom. The van der Waals surface area contributed by atoms with E-state index in [1.165, 1.54) is 0 Å². The molecule has 0 aromatic carbocycles. The Labute approximate surface area is 82.6 Å². The van der Waals surface area contributed by atoms with Gasteiger partial charge in [0.05, 0.1) is 0 Å². The summed E-state index contributed by atoms with van der Waals surface area (Å²) in [7, 11) is 0. The third-order valence-corrected chi connectivity index (χ3v) is 2.23. The molecule has 1 rings (SSSR count). The van der Waals surface area contributed by atoms with E-state index in [0.29, 0.717) is 12.8 Å². The lowest BCUT2D eigenvalue weighted by Gasteiger charge is -2.23. The van der Waals surface area contributed by atoms with Gasteiger partial charge in [0.2, 0.25) is 5.67 Å². The molecule has 1 atom stereocenters. The number of ether oxygens (including phenoxy) is 1. The maximum Gasteiger partial charge on any atom is 0.344 e. The average molecular weight is 202 g/mol. The van der Waals surface area contributed by atoms with Crippen LogP contribution in [0.2, 0.25) is 0 Å². The van der Waals surface area contributed by atoms with Gasteiger partial charge in [0, 0.05) is 6.42 Å². The molecule has 1 aliphatic carbocycles. The molecule has 0 aliphatic heterocycles. The first-order valence-electron chi connectivity index (χ1n) is 4.84. The van der Waals surface area contributed by atoms with E-state index < -0.39 is 17.7 Å². The fraction of sp³-hybridized carbons (Fsp3) is 0.800. The first-order valence-corrected chi connectivity index (χ1v) is 4.84. The van der Waals surface area contributed by atoms with Gasteiger partial charge >= 0.3 is 5.97 Å². The third-order valence-electron chi connectivity index (χ3n) is 2.23. The predicted molar refractivity (Wildman–Crippen MR) is 48.5 cm³/mol. The molecule has 1 aliphatic rings. The molecule has 0 saturated heterocycles. The van der Waals surface area contributed by atoms with Gasteiger partial charge in [-0.25, -0.2) is 9.18 Å². The molecule has 80 valence electrons. The number of rotatable bonds is 2. The molecular formula is C10H15FO3. The molecule has 0 bridgehead atoms. The predicted octanol–water partition coefficient (Wildman–Crippen LogP) is 1.79. The van der Waals surface area contributed by atoms with Crippen molar-refractivity contribution in [3.63, 3.8) is 0 Å². The molecule has 0 spiro atoms. The topological polar surface area (TPSA) is 43.4 Å². The molecule has 0 amide bonds. The molecule has 0 heterocycles. The first kappa shape index (κ1) is 11.1. The van der Waals surface area contributed by atoms with Gasteiger partial charge in [0.15, 0.2) is 11.9 Å². The Morgan fingerprint density at radius 2 is 2.14 bits per heavy atom. The van der Waals surface area contributed by atoms with Gasteiger partial charge in [-0.05, 0) is 33.1 Å². The highest BCUT2D eigenvalue weighted by Crippen LogP contribution is 2.20. The van der Waals surface area contributed by atoms with Crippen LogP contribution in [0.3, 0.4) is 0 Å². The molecule has 3 nitrogen and oxygen atoms in total. The molecule has 0 radical (unpaired) electrons. The van der Waals surface area contributed by atoms with Crippen LogP contribution in [0.1, 0.15) is 39.5 Å². The molecule has 14 heavy (non-hydrogen) atoms. The minimum Gasteiger partial charge on any atom is -0.452 e. The summed E-state index contributed by atoms with van der Waals surface area (Å²) in [4.78, 5) is 22.4. The largest absolute Gasteiger partial charge is 0.452 e. The Balaban J connectivity index is 2.51. The zero-order chi connectivity index (χ0) is 10.8. The van der Waals surface area contributed by atoms with Gasteiger partial charge in [0.25, 0.3) is 0 Å². The summed E-state index contributed by atoms with van der Waals surface area (Å²) in [6, 6.07) is 0. The molecule has 0 aromatic rings. The van der Waals surface area contributed by atoms with Crippen LogP contribution in [0.4, 0.5) is 4.39 Å². The van der Waals surface area contributed by atoms with Crippen molar-refractivity contribution in [3.05, 3.63) is 0 Å². The van der Waals surface area contributed by atoms with Crippen molar-refractivity contribution >= 4 is 11.8 Å². The zero-order valence-corrected chi connectivity index (χ0v) is 8.51. The second-order valence-electron chi connectivity index (χ2n) is 4.08. The maximum absolute atomic E-state index is 13.1. The zero-order valence-electron chi connectivity index (χ0n) is 8.51. The second kappa shape index (κ2) is 4.07. The molecule has 4 heteroatoms. The SMILES string of the molecule is CC(C)(F)C(=O)OC1CCCCC1=O. The summed E-state index contributed by atoms with van der Waals surface area (Å²) in [5.41, 5.74) is -2.02. The molecule has 1 saturated carbocycles. The normalized spacial score (nSPS) is 23.4. The van der Waals surface area contributed by atoms with Crippen LogP contribution in [0, 0.1) is 0 Å². The van der Waals surface area contributed by atoms with Crippen molar-refractivity contribution in [2.45, 2.75) is 51.3 Å². The smallest absolute Gasteiger partial charge is 0.344 e. The standard InChI is InChI=1S/C10H15FO3/c1-10(2,11)9(13)14-8-6-4-3-5-7(8)12/h8H,3-6H2,1-2H3. The van der Waals surface area contributed by atoms with Crippen LogP contribution in [0.5, 0.6) is 0 Å². The third kappa shape index (κ3) is 2.79. The molecule has 1 fully saturated rings. The minimum atomic E-state index is -2.02. The van der Waals surface area contributed by atoms with Crippen molar-refractivity contribution in [1.29, 1.82) is 0 Å². The van der Waals surface area contributed by atoms with Crippen LogP contribution in [-0.2, 0) is 14.3 Å². The van der Waals surface area contributed by atoms with Crippen molar-refractivity contribution in [1.82, 2.24) is 0 Å². The summed E-state index contributed by atoms with van der Waals surface area (Å²) >= 11 is 0. The lowest BCUT2D eigenvalue weighted by atomic mass is 9.96. The van der Waals surface area contributed by atoms with E-state index in [9.17, 15) is 14.0 Å². The Hall–Kier alpha value is -0.930. The van der Waals surface area contributed by atoms with Gasteiger partial charge in [-0.3, -0.25) is 4.79 Å². The van der Waals surface area contributed by atoms with E-state index in [4.69, 9.17) is 4.74 Å². The summed E-state index contributed by atoms with van der Waals surface area (Å²) in [5.74, 6) is -1.04. The first-order chi connectivity index (χ1) is 6.41. The molecule has 0 aromatic heterocycles. The van der Waals surface area contributed by atoms with E-state index in [1.54, 1.807) is 0 Å². The van der Waals surface area contributed by atoms with Gasteiger partial charge < -0.3 is 4.74 Å². The Bertz CT molecular complexity index is 242. The highest BCUT2D eigenvalue weighted by Gasteiger charge is 2.33. The maximum atomic E-state index is 13.1. The van der Waals surface area contributed by atoms with Gasteiger partial charge in [-0.15, -0.1) is 0 Å². The van der Waals surface area contributed by atoms with Crippen LogP contribution in [0.15, 0.2) is 0 Å². The lowest BCUT2D eigenvalue weighted by Crippen LogP contribution is -2.37. The number of halogens is 1. The fourth-order valence-electron chi connectivity index (χ4n) is 1.34. The number of hydrogen-bond acceptors (Lipinski definition) is 3. The van der Waals surface area contributed by atoms with Crippen LogP contribution < -0.4 is 0 Å². The van der Waals surface area contributed by atoms with Gasteiger partial charge in [-0.1, -0.05) is 0 Å². The van der Waals surface area contributed by atoms with E-state index in [0.717, 1.165) is 26.7 Å². The Kier molecular flexibility index (Phi) is 3.24. The average Bonchev–Trinajstić information content (AvgIpc) is 2.07. The minimum absolute atomic E-state index is 0.0890. The quantitative estimate of drug-likeness (QED) is 0.641.